The van der Waals surface area contributed by atoms with E-state index in [1.54, 1.807) is 0 Å². The lowest BCUT2D eigenvalue weighted by atomic mass is 10.1. The molecule has 0 spiro atoms. The average Bonchev–Trinajstić information content (AvgIpc) is 2.32. The van der Waals surface area contributed by atoms with Crippen LogP contribution in [-0.4, -0.2) is 16.9 Å². The molecule has 94 valence electrons. The van der Waals surface area contributed by atoms with Gasteiger partial charge in [0.25, 0.3) is 0 Å². The summed E-state index contributed by atoms with van der Waals surface area (Å²) in [7, 11) is 2.12. The fraction of sp³-hybridized carbons (Fsp3) is 0.267. The van der Waals surface area contributed by atoms with Crippen LogP contribution in [0.5, 0.6) is 0 Å². The highest BCUT2D eigenvalue weighted by Crippen LogP contribution is 2.11. The topological polar surface area (TPSA) is 16.1 Å². The first kappa shape index (κ1) is 13.2. The van der Waals surface area contributed by atoms with E-state index in [2.05, 4.69) is 70.1 Å². The molecule has 1 aromatic carbocycles. The van der Waals surface area contributed by atoms with Gasteiger partial charge in [-0.2, -0.15) is 0 Å². The van der Waals surface area contributed by atoms with Crippen LogP contribution in [0.25, 0.3) is 0 Å². The van der Waals surface area contributed by atoms with Crippen LogP contribution in [0.1, 0.15) is 16.8 Å². The van der Waals surface area contributed by atoms with E-state index in [1.165, 1.54) is 11.1 Å². The van der Waals surface area contributed by atoms with Crippen LogP contribution in [0.2, 0.25) is 0 Å². The number of nitrogens with zero attached hydrogens (tertiary/aromatic N) is 2. The Morgan fingerprint density at radius 3 is 2.67 bits per heavy atom. The zero-order chi connectivity index (χ0) is 13.0. The molecule has 0 saturated carbocycles. The number of halogens is 1. The van der Waals surface area contributed by atoms with Crippen molar-refractivity contribution >= 4 is 15.9 Å². The molecule has 1 aromatic heterocycles. The van der Waals surface area contributed by atoms with Gasteiger partial charge >= 0.3 is 0 Å². The van der Waals surface area contributed by atoms with E-state index >= 15 is 0 Å². The van der Waals surface area contributed by atoms with Crippen molar-refractivity contribution in [1.29, 1.82) is 0 Å². The van der Waals surface area contributed by atoms with Crippen LogP contribution in [0.4, 0.5) is 0 Å². The molecule has 0 fully saturated rings. The van der Waals surface area contributed by atoms with Crippen LogP contribution in [0, 0.1) is 6.92 Å². The molecule has 2 rings (SSSR count). The van der Waals surface area contributed by atoms with Crippen LogP contribution < -0.4 is 0 Å². The Morgan fingerprint density at radius 1 is 1.17 bits per heavy atom. The Labute approximate surface area is 117 Å². The van der Waals surface area contributed by atoms with Crippen LogP contribution >= 0.6 is 15.9 Å². The van der Waals surface area contributed by atoms with Gasteiger partial charge in [-0.25, -0.2) is 0 Å². The van der Waals surface area contributed by atoms with Crippen molar-refractivity contribution in [3.8, 4) is 0 Å². The molecule has 1 heterocycles. The van der Waals surface area contributed by atoms with Crippen molar-refractivity contribution in [3.05, 3.63) is 63.9 Å². The quantitative estimate of drug-likeness (QED) is 0.854. The molecule has 0 aliphatic heterocycles. The van der Waals surface area contributed by atoms with Gasteiger partial charge in [0, 0.05) is 23.8 Å². The SMILES string of the molecule is Cc1cccc(CN(C)Cc2ccc(Br)cn2)c1. The van der Waals surface area contributed by atoms with Crippen molar-refractivity contribution in [2.24, 2.45) is 0 Å². The van der Waals surface area contributed by atoms with Crippen molar-refractivity contribution in [1.82, 2.24) is 9.88 Å². The van der Waals surface area contributed by atoms with Crippen molar-refractivity contribution in [2.45, 2.75) is 20.0 Å². The summed E-state index contributed by atoms with van der Waals surface area (Å²) in [5.41, 5.74) is 3.74. The molecule has 3 heteroatoms. The number of hydrogen-bond acceptors (Lipinski definition) is 2. The first-order chi connectivity index (χ1) is 8.63. The summed E-state index contributed by atoms with van der Waals surface area (Å²) >= 11 is 3.40. The van der Waals surface area contributed by atoms with Gasteiger partial charge in [-0.05, 0) is 47.6 Å². The Morgan fingerprint density at radius 2 is 2.00 bits per heavy atom. The molecule has 0 aliphatic carbocycles. The molecule has 0 amide bonds. The van der Waals surface area contributed by atoms with E-state index in [4.69, 9.17) is 0 Å². The Kier molecular flexibility index (Phi) is 4.50. The zero-order valence-electron chi connectivity index (χ0n) is 10.7. The average molecular weight is 305 g/mol. The first-order valence-electron chi connectivity index (χ1n) is 5.98. The molecule has 0 unspecified atom stereocenters. The third-order valence-electron chi connectivity index (χ3n) is 2.76. The molecule has 0 radical (unpaired) electrons. The van der Waals surface area contributed by atoms with E-state index in [0.29, 0.717) is 0 Å². The van der Waals surface area contributed by atoms with Gasteiger partial charge in [-0.1, -0.05) is 29.8 Å². The maximum Gasteiger partial charge on any atom is 0.0544 e. The Bertz CT molecular complexity index is 508. The molecule has 2 aromatic rings. The highest BCUT2D eigenvalue weighted by atomic mass is 79.9. The number of aryl methyl sites for hydroxylation is 1. The Hall–Kier alpha value is -1.19. The van der Waals surface area contributed by atoms with Crippen molar-refractivity contribution in [2.75, 3.05) is 7.05 Å². The molecular weight excluding hydrogens is 288 g/mol. The predicted octanol–water partition coefficient (Wildman–Crippen LogP) is 3.78. The smallest absolute Gasteiger partial charge is 0.0544 e. The van der Waals surface area contributed by atoms with Crippen LogP contribution in [0.15, 0.2) is 47.1 Å². The second kappa shape index (κ2) is 6.12. The third kappa shape index (κ3) is 3.93. The molecule has 0 atom stereocenters. The molecule has 18 heavy (non-hydrogen) atoms. The maximum atomic E-state index is 4.39. The van der Waals surface area contributed by atoms with Gasteiger partial charge < -0.3 is 0 Å². The van der Waals surface area contributed by atoms with E-state index in [-0.39, 0.29) is 0 Å². The minimum atomic E-state index is 0.862. The summed E-state index contributed by atoms with van der Waals surface area (Å²) in [6.07, 6.45) is 1.84. The molecule has 0 saturated heterocycles. The fourth-order valence-corrected chi connectivity index (χ4v) is 2.19. The Balaban J connectivity index is 1.96. The molecule has 2 nitrogen and oxygen atoms in total. The number of aromatic nitrogens is 1. The lowest BCUT2D eigenvalue weighted by Gasteiger charge is -2.16. The minimum absolute atomic E-state index is 0.862. The summed E-state index contributed by atoms with van der Waals surface area (Å²) in [5.74, 6) is 0. The van der Waals surface area contributed by atoms with Gasteiger partial charge in [0.15, 0.2) is 0 Å². The third-order valence-corrected chi connectivity index (χ3v) is 3.22. The van der Waals surface area contributed by atoms with Gasteiger partial charge in [0.1, 0.15) is 0 Å². The standard InChI is InChI=1S/C15H17BrN2/c1-12-4-3-5-13(8-12)10-18(2)11-15-7-6-14(16)9-17-15/h3-9H,10-11H2,1-2H3. The highest BCUT2D eigenvalue weighted by Gasteiger charge is 2.03. The van der Waals surface area contributed by atoms with E-state index < -0.39 is 0 Å². The molecule has 0 N–H and O–H groups in total. The summed E-state index contributed by atoms with van der Waals surface area (Å²) in [5, 5.41) is 0. The first-order valence-corrected chi connectivity index (χ1v) is 6.77. The zero-order valence-corrected chi connectivity index (χ0v) is 12.3. The molecular formula is C15H17BrN2. The number of pyridine rings is 1. The van der Waals surface area contributed by atoms with Gasteiger partial charge in [-0.3, -0.25) is 9.88 Å². The number of rotatable bonds is 4. The minimum Gasteiger partial charge on any atom is -0.296 e. The number of benzene rings is 1. The van der Waals surface area contributed by atoms with Crippen LogP contribution in [0.3, 0.4) is 0 Å². The normalized spacial score (nSPS) is 10.9. The highest BCUT2D eigenvalue weighted by molar-refractivity contribution is 9.10. The monoisotopic (exact) mass is 304 g/mol. The summed E-state index contributed by atoms with van der Waals surface area (Å²) in [6.45, 7) is 3.93. The largest absolute Gasteiger partial charge is 0.296 e. The predicted molar refractivity (Wildman–Crippen MR) is 78.3 cm³/mol. The summed E-state index contributed by atoms with van der Waals surface area (Å²) in [6, 6.07) is 12.7. The van der Waals surface area contributed by atoms with Gasteiger partial charge in [0.2, 0.25) is 0 Å². The van der Waals surface area contributed by atoms with Gasteiger partial charge in [0.05, 0.1) is 5.69 Å². The second-order valence-electron chi connectivity index (χ2n) is 4.63. The molecule has 0 aliphatic rings. The molecule has 0 bridgehead atoms. The van der Waals surface area contributed by atoms with Gasteiger partial charge in [-0.15, -0.1) is 0 Å². The van der Waals surface area contributed by atoms with Crippen molar-refractivity contribution in [3.63, 3.8) is 0 Å². The van der Waals surface area contributed by atoms with Crippen molar-refractivity contribution < 1.29 is 0 Å². The van der Waals surface area contributed by atoms with Crippen LogP contribution in [-0.2, 0) is 13.1 Å². The van der Waals surface area contributed by atoms with E-state index in [9.17, 15) is 0 Å². The fourth-order valence-electron chi connectivity index (χ4n) is 1.95. The number of hydrogen-bond donors (Lipinski definition) is 0. The summed E-state index contributed by atoms with van der Waals surface area (Å²) in [4.78, 5) is 6.66. The van der Waals surface area contributed by atoms with E-state index in [0.717, 1.165) is 23.3 Å². The lowest BCUT2D eigenvalue weighted by molar-refractivity contribution is 0.315. The van der Waals surface area contributed by atoms with E-state index in [1.807, 2.05) is 12.3 Å². The second-order valence-corrected chi connectivity index (χ2v) is 5.54. The maximum absolute atomic E-state index is 4.39. The summed E-state index contributed by atoms with van der Waals surface area (Å²) < 4.78 is 1.02. The lowest BCUT2D eigenvalue weighted by Crippen LogP contribution is -2.17.